The van der Waals surface area contributed by atoms with Crippen LogP contribution in [-0.2, 0) is 0 Å². The summed E-state index contributed by atoms with van der Waals surface area (Å²) in [5, 5.41) is 0. The van der Waals surface area contributed by atoms with Crippen molar-refractivity contribution in [1.82, 2.24) is 0 Å². The lowest BCUT2D eigenvalue weighted by atomic mass is 10.0. The molecule has 84 valence electrons. The van der Waals surface area contributed by atoms with E-state index in [1.54, 1.807) is 6.07 Å². The summed E-state index contributed by atoms with van der Waals surface area (Å²) in [6.07, 6.45) is -4.68. The molecule has 0 bridgehead atoms. The zero-order valence-corrected chi connectivity index (χ0v) is 8.43. The highest BCUT2D eigenvalue weighted by molar-refractivity contribution is 5.48. The standard InChI is InChI=1S/C10H12F3NO/c1-6(2)7-3-8(14)5-9(4-7)15-10(11,12)13/h3-6H,14H2,1-2H3. The Labute approximate surface area is 85.8 Å². The lowest BCUT2D eigenvalue weighted by molar-refractivity contribution is -0.274. The minimum absolute atomic E-state index is 0.101. The number of halogens is 3. The van der Waals surface area contributed by atoms with Gasteiger partial charge >= 0.3 is 6.36 Å². The quantitative estimate of drug-likeness (QED) is 0.774. The predicted molar refractivity (Wildman–Crippen MR) is 51.6 cm³/mol. The van der Waals surface area contributed by atoms with E-state index < -0.39 is 6.36 Å². The molecule has 5 heteroatoms. The van der Waals surface area contributed by atoms with Gasteiger partial charge in [0.25, 0.3) is 0 Å². The lowest BCUT2D eigenvalue weighted by Crippen LogP contribution is -2.17. The van der Waals surface area contributed by atoms with E-state index in [2.05, 4.69) is 4.74 Å². The van der Waals surface area contributed by atoms with Crippen molar-refractivity contribution in [3.63, 3.8) is 0 Å². The summed E-state index contributed by atoms with van der Waals surface area (Å²) in [6, 6.07) is 4.13. The SMILES string of the molecule is CC(C)c1cc(N)cc(OC(F)(F)F)c1. The minimum atomic E-state index is -4.68. The summed E-state index contributed by atoms with van der Waals surface area (Å²) in [5.41, 5.74) is 6.45. The molecule has 0 saturated carbocycles. The van der Waals surface area contributed by atoms with Crippen molar-refractivity contribution in [2.24, 2.45) is 0 Å². The van der Waals surface area contributed by atoms with E-state index in [0.717, 1.165) is 6.07 Å². The summed E-state index contributed by atoms with van der Waals surface area (Å²) >= 11 is 0. The van der Waals surface area contributed by atoms with Crippen LogP contribution < -0.4 is 10.5 Å². The Morgan fingerprint density at radius 3 is 2.27 bits per heavy atom. The minimum Gasteiger partial charge on any atom is -0.406 e. The molecule has 0 spiro atoms. The van der Waals surface area contributed by atoms with Crippen LogP contribution in [0.15, 0.2) is 18.2 Å². The molecule has 0 atom stereocenters. The molecule has 1 aromatic rings. The fourth-order valence-electron chi connectivity index (χ4n) is 1.17. The van der Waals surface area contributed by atoms with Gasteiger partial charge < -0.3 is 10.5 Å². The zero-order chi connectivity index (χ0) is 11.6. The highest BCUT2D eigenvalue weighted by atomic mass is 19.4. The van der Waals surface area contributed by atoms with Gasteiger partial charge in [0.2, 0.25) is 0 Å². The average Bonchev–Trinajstić information content (AvgIpc) is 1.99. The summed E-state index contributed by atoms with van der Waals surface area (Å²) in [4.78, 5) is 0. The molecule has 0 unspecified atom stereocenters. The van der Waals surface area contributed by atoms with E-state index in [1.807, 2.05) is 13.8 Å². The topological polar surface area (TPSA) is 35.2 Å². The molecule has 0 aliphatic rings. The van der Waals surface area contributed by atoms with Crippen molar-refractivity contribution in [2.45, 2.75) is 26.1 Å². The van der Waals surface area contributed by atoms with Crippen LogP contribution >= 0.6 is 0 Å². The summed E-state index contributed by atoms with van der Waals surface area (Å²) in [5.74, 6) is -0.171. The number of ether oxygens (including phenoxy) is 1. The van der Waals surface area contributed by atoms with Gasteiger partial charge in [-0.1, -0.05) is 13.8 Å². The predicted octanol–water partition coefficient (Wildman–Crippen LogP) is 3.29. The molecule has 0 amide bonds. The van der Waals surface area contributed by atoms with Crippen molar-refractivity contribution in [2.75, 3.05) is 5.73 Å². The molecule has 15 heavy (non-hydrogen) atoms. The van der Waals surface area contributed by atoms with Crippen LogP contribution in [0.25, 0.3) is 0 Å². The Morgan fingerprint density at radius 1 is 1.20 bits per heavy atom. The van der Waals surface area contributed by atoms with E-state index in [1.165, 1.54) is 6.07 Å². The van der Waals surface area contributed by atoms with Crippen molar-refractivity contribution in [1.29, 1.82) is 0 Å². The third-order valence-corrected chi connectivity index (χ3v) is 1.85. The second-order valence-electron chi connectivity index (χ2n) is 3.54. The third kappa shape index (κ3) is 3.69. The van der Waals surface area contributed by atoms with Gasteiger partial charge in [0.15, 0.2) is 0 Å². The highest BCUT2D eigenvalue weighted by Gasteiger charge is 2.31. The van der Waals surface area contributed by atoms with Crippen LogP contribution in [0.2, 0.25) is 0 Å². The van der Waals surface area contributed by atoms with Crippen LogP contribution in [0.4, 0.5) is 18.9 Å². The Bertz CT molecular complexity index is 347. The first kappa shape index (κ1) is 11.7. The second-order valence-corrected chi connectivity index (χ2v) is 3.54. The Morgan fingerprint density at radius 2 is 1.80 bits per heavy atom. The van der Waals surface area contributed by atoms with Gasteiger partial charge in [-0.05, 0) is 23.6 Å². The van der Waals surface area contributed by atoms with Crippen LogP contribution in [-0.4, -0.2) is 6.36 Å². The maximum atomic E-state index is 11.9. The number of benzene rings is 1. The van der Waals surface area contributed by atoms with Crippen molar-refractivity contribution < 1.29 is 17.9 Å². The molecule has 0 heterocycles. The van der Waals surface area contributed by atoms with E-state index in [4.69, 9.17) is 5.73 Å². The number of hydrogen-bond donors (Lipinski definition) is 1. The zero-order valence-electron chi connectivity index (χ0n) is 8.43. The molecule has 0 saturated heterocycles. The van der Waals surface area contributed by atoms with Gasteiger partial charge in [-0.15, -0.1) is 13.2 Å². The molecule has 1 rings (SSSR count). The number of alkyl halides is 3. The molecular formula is C10H12F3NO. The molecule has 0 aliphatic heterocycles. The number of nitrogens with two attached hydrogens (primary N) is 1. The van der Waals surface area contributed by atoms with Gasteiger partial charge in [0.05, 0.1) is 0 Å². The van der Waals surface area contributed by atoms with Gasteiger partial charge in [-0.25, -0.2) is 0 Å². The van der Waals surface area contributed by atoms with Crippen LogP contribution in [0.3, 0.4) is 0 Å². The Balaban J connectivity index is 2.99. The number of anilines is 1. The second kappa shape index (κ2) is 4.00. The average molecular weight is 219 g/mol. The third-order valence-electron chi connectivity index (χ3n) is 1.85. The first-order chi connectivity index (χ1) is 6.78. The van der Waals surface area contributed by atoms with E-state index in [9.17, 15) is 13.2 Å². The maximum Gasteiger partial charge on any atom is 0.573 e. The summed E-state index contributed by atoms with van der Waals surface area (Å²) in [6.45, 7) is 3.73. The smallest absolute Gasteiger partial charge is 0.406 e. The molecule has 0 aromatic heterocycles. The first-order valence-electron chi connectivity index (χ1n) is 4.44. The van der Waals surface area contributed by atoms with Crippen molar-refractivity contribution in [3.8, 4) is 5.75 Å². The Kier molecular flexibility index (Phi) is 3.12. The Hall–Kier alpha value is -1.39. The van der Waals surface area contributed by atoms with E-state index in [-0.39, 0.29) is 17.4 Å². The maximum absolute atomic E-state index is 11.9. The van der Waals surface area contributed by atoms with E-state index >= 15 is 0 Å². The summed E-state index contributed by atoms with van der Waals surface area (Å²) < 4.78 is 39.6. The lowest BCUT2D eigenvalue weighted by Gasteiger charge is -2.12. The molecule has 2 nitrogen and oxygen atoms in total. The monoisotopic (exact) mass is 219 g/mol. The molecule has 0 radical (unpaired) electrons. The number of hydrogen-bond acceptors (Lipinski definition) is 2. The van der Waals surface area contributed by atoms with Crippen molar-refractivity contribution in [3.05, 3.63) is 23.8 Å². The van der Waals surface area contributed by atoms with Crippen LogP contribution in [0.5, 0.6) is 5.75 Å². The van der Waals surface area contributed by atoms with Gasteiger partial charge in [-0.2, -0.15) is 0 Å². The highest BCUT2D eigenvalue weighted by Crippen LogP contribution is 2.28. The van der Waals surface area contributed by atoms with Gasteiger partial charge in [0, 0.05) is 11.8 Å². The molecular weight excluding hydrogens is 207 g/mol. The van der Waals surface area contributed by atoms with E-state index in [0.29, 0.717) is 5.56 Å². The molecule has 2 N–H and O–H groups in total. The summed E-state index contributed by atoms with van der Waals surface area (Å²) in [7, 11) is 0. The largest absolute Gasteiger partial charge is 0.573 e. The van der Waals surface area contributed by atoms with Gasteiger partial charge in [-0.3, -0.25) is 0 Å². The van der Waals surface area contributed by atoms with Gasteiger partial charge in [0.1, 0.15) is 5.75 Å². The molecule has 0 aliphatic carbocycles. The fourth-order valence-corrected chi connectivity index (χ4v) is 1.17. The molecule has 0 fully saturated rings. The number of nitrogen functional groups attached to an aromatic ring is 1. The normalized spacial score (nSPS) is 11.9. The fraction of sp³-hybridized carbons (Fsp3) is 0.400. The number of rotatable bonds is 2. The first-order valence-corrected chi connectivity index (χ1v) is 4.44. The van der Waals surface area contributed by atoms with Crippen LogP contribution in [0.1, 0.15) is 25.3 Å². The molecule has 1 aromatic carbocycles. The van der Waals surface area contributed by atoms with Crippen LogP contribution in [0, 0.1) is 0 Å². The van der Waals surface area contributed by atoms with Crippen molar-refractivity contribution >= 4 is 5.69 Å².